The van der Waals surface area contributed by atoms with Gasteiger partial charge in [-0.15, -0.1) is 0 Å². The van der Waals surface area contributed by atoms with E-state index in [2.05, 4.69) is 72.3 Å². The molecule has 0 amide bonds. The molecule has 0 N–H and O–H groups in total. The van der Waals surface area contributed by atoms with Crippen LogP contribution in [0.4, 0.5) is 17.6 Å². The molecule has 56 heavy (non-hydrogen) atoms. The summed E-state index contributed by atoms with van der Waals surface area (Å²) in [6, 6.07) is 17.0. The van der Waals surface area contributed by atoms with Crippen molar-refractivity contribution < 1.29 is 22.4 Å². The summed E-state index contributed by atoms with van der Waals surface area (Å²) in [5, 5.41) is 0. The molecule has 290 valence electrons. The molecule has 7 rings (SSSR count). The predicted octanol–water partition coefficient (Wildman–Crippen LogP) is 13.1. The van der Waals surface area contributed by atoms with Crippen LogP contribution in [0.2, 0.25) is 0 Å². The van der Waals surface area contributed by atoms with Gasteiger partial charge >= 0.3 is 0 Å². The van der Waals surface area contributed by atoms with E-state index in [1.54, 1.807) is 13.8 Å². The largest absolute Gasteiger partial charge is 0.287 e. The van der Waals surface area contributed by atoms with Crippen molar-refractivity contribution in [3.8, 4) is 33.8 Å². The van der Waals surface area contributed by atoms with E-state index in [1.807, 2.05) is 0 Å². The summed E-state index contributed by atoms with van der Waals surface area (Å²) >= 11 is 0. The van der Waals surface area contributed by atoms with Crippen molar-refractivity contribution in [1.82, 2.24) is 19.9 Å². The summed E-state index contributed by atoms with van der Waals surface area (Å²) in [6.07, 6.45) is 16.8. The van der Waals surface area contributed by atoms with Gasteiger partial charge in [0.2, 0.25) is 5.78 Å². The molecule has 1 aliphatic rings. The van der Waals surface area contributed by atoms with Gasteiger partial charge in [0, 0.05) is 22.3 Å². The average molecular weight is 761 g/mol. The molecule has 0 fully saturated rings. The molecule has 0 aliphatic heterocycles. The number of fused-ring (bicyclic) bond motifs is 5. The maximum absolute atomic E-state index is 15.2. The van der Waals surface area contributed by atoms with Crippen LogP contribution < -0.4 is 0 Å². The molecule has 6 aromatic rings. The second-order valence-electron chi connectivity index (χ2n) is 15.3. The highest BCUT2D eigenvalue weighted by molar-refractivity contribution is 6.21. The normalized spacial score (nSPS) is 12.2. The SMILES string of the molecule is CCCCCCCCc1ccc(-c2nc3c(C)c4nc5c(nc4c(C)c3nc2-c2ccc(CCCCCCCC)cc2)-c2c(F)c(F)c(F)c(F)c2C5=O)cc1. The Morgan fingerprint density at radius 3 is 1.21 bits per heavy atom. The van der Waals surface area contributed by atoms with Crippen molar-refractivity contribution in [2.75, 3.05) is 0 Å². The van der Waals surface area contributed by atoms with Crippen LogP contribution in [0.5, 0.6) is 0 Å². The Kier molecular flexibility index (Phi) is 11.9. The molecule has 0 atom stereocenters. The molecule has 9 heteroatoms. The maximum atomic E-state index is 15.2. The van der Waals surface area contributed by atoms with Crippen LogP contribution in [0.15, 0.2) is 48.5 Å². The lowest BCUT2D eigenvalue weighted by Crippen LogP contribution is -2.07. The number of nitrogens with zero attached hydrogens (tertiary/aromatic N) is 4. The number of carbonyl (C=O) groups excluding carboxylic acids is 1. The molecule has 0 saturated carbocycles. The predicted molar refractivity (Wildman–Crippen MR) is 216 cm³/mol. The number of unbranched alkanes of at least 4 members (excludes halogenated alkanes) is 10. The highest BCUT2D eigenvalue weighted by Crippen LogP contribution is 2.43. The summed E-state index contributed by atoms with van der Waals surface area (Å²) in [6.45, 7) is 8.02. The lowest BCUT2D eigenvalue weighted by atomic mass is 9.98. The fourth-order valence-corrected chi connectivity index (χ4v) is 7.94. The van der Waals surface area contributed by atoms with E-state index < -0.39 is 40.2 Å². The smallest absolute Gasteiger partial charge is 0.217 e. The van der Waals surface area contributed by atoms with Crippen LogP contribution in [0.1, 0.15) is 129 Å². The Bertz CT molecular complexity index is 2430. The first-order chi connectivity index (χ1) is 27.1. The van der Waals surface area contributed by atoms with Crippen molar-refractivity contribution in [1.29, 1.82) is 0 Å². The summed E-state index contributed by atoms with van der Waals surface area (Å²) in [5.74, 6) is -8.56. The van der Waals surface area contributed by atoms with Gasteiger partial charge in [0.25, 0.3) is 0 Å². The van der Waals surface area contributed by atoms with Gasteiger partial charge < -0.3 is 0 Å². The molecule has 0 radical (unpaired) electrons. The number of rotatable bonds is 16. The minimum absolute atomic E-state index is 0.278. The topological polar surface area (TPSA) is 68.6 Å². The average Bonchev–Trinajstić information content (AvgIpc) is 3.51. The third kappa shape index (κ3) is 7.45. The molecule has 2 heterocycles. The van der Waals surface area contributed by atoms with Gasteiger partial charge in [-0.1, -0.05) is 127 Å². The van der Waals surface area contributed by atoms with Crippen LogP contribution in [0, 0.1) is 37.1 Å². The number of hydrogen-bond donors (Lipinski definition) is 0. The van der Waals surface area contributed by atoms with Crippen molar-refractivity contribution in [3.63, 3.8) is 0 Å². The van der Waals surface area contributed by atoms with Crippen LogP contribution in [0.3, 0.4) is 0 Å². The van der Waals surface area contributed by atoms with Crippen molar-refractivity contribution in [2.45, 2.75) is 118 Å². The van der Waals surface area contributed by atoms with Crippen molar-refractivity contribution >= 4 is 27.9 Å². The molecular formula is C47H48F4N4O. The molecule has 2 aromatic heterocycles. The lowest BCUT2D eigenvalue weighted by Gasteiger charge is -2.16. The minimum Gasteiger partial charge on any atom is -0.287 e. The third-order valence-corrected chi connectivity index (χ3v) is 11.3. The summed E-state index contributed by atoms with van der Waals surface area (Å²) in [4.78, 5) is 32.9. The fourth-order valence-electron chi connectivity index (χ4n) is 7.94. The number of hydrogen-bond acceptors (Lipinski definition) is 5. The van der Waals surface area contributed by atoms with Gasteiger partial charge in [0.05, 0.1) is 44.6 Å². The molecular weight excluding hydrogens is 713 g/mol. The van der Waals surface area contributed by atoms with Crippen LogP contribution in [0.25, 0.3) is 55.8 Å². The van der Waals surface area contributed by atoms with E-state index in [0.29, 0.717) is 33.5 Å². The van der Waals surface area contributed by atoms with Crippen molar-refractivity contribution in [2.24, 2.45) is 0 Å². The zero-order valence-corrected chi connectivity index (χ0v) is 32.7. The Balaban J connectivity index is 1.31. The molecule has 0 spiro atoms. The molecule has 0 bridgehead atoms. The molecule has 0 saturated heterocycles. The second kappa shape index (κ2) is 17.0. The van der Waals surface area contributed by atoms with Gasteiger partial charge in [0.15, 0.2) is 23.3 Å². The number of ketones is 1. The molecule has 1 aliphatic carbocycles. The highest BCUT2D eigenvalue weighted by atomic mass is 19.2. The van der Waals surface area contributed by atoms with E-state index >= 15 is 4.39 Å². The Labute approximate surface area is 326 Å². The quantitative estimate of drug-likeness (QED) is 0.0322. The first-order valence-electron chi connectivity index (χ1n) is 20.3. The Morgan fingerprint density at radius 1 is 0.429 bits per heavy atom. The molecule has 0 unspecified atom stereocenters. The van der Waals surface area contributed by atoms with Crippen LogP contribution in [-0.2, 0) is 12.8 Å². The van der Waals surface area contributed by atoms with E-state index in [-0.39, 0.29) is 22.4 Å². The Morgan fingerprint density at radius 2 is 0.786 bits per heavy atom. The summed E-state index contributed by atoms with van der Waals surface area (Å²) in [7, 11) is 0. The number of aromatic nitrogens is 4. The molecule has 4 aromatic carbocycles. The number of halogens is 4. The third-order valence-electron chi connectivity index (χ3n) is 11.3. The van der Waals surface area contributed by atoms with Gasteiger partial charge in [-0.05, 0) is 50.7 Å². The zero-order chi connectivity index (χ0) is 39.5. The minimum atomic E-state index is -2.05. The first kappa shape index (κ1) is 39.2. The number of benzene rings is 4. The van der Waals surface area contributed by atoms with Gasteiger partial charge in [-0.3, -0.25) is 4.79 Å². The maximum Gasteiger partial charge on any atom is 0.217 e. The number of carbonyl (C=O) groups is 1. The molecule has 5 nitrogen and oxygen atoms in total. The van der Waals surface area contributed by atoms with Gasteiger partial charge in [0.1, 0.15) is 11.4 Å². The fraction of sp³-hybridized carbons (Fsp3) is 0.383. The zero-order valence-electron chi connectivity index (χ0n) is 32.7. The summed E-state index contributed by atoms with van der Waals surface area (Å²) in [5.41, 5.74) is 6.08. The standard InChI is InChI=1S/C47H48F4N4O/c1-5-7-9-11-13-15-17-29-19-23-31(24-20-29)43-44(32-25-21-30(22-26-32)18-16-14-12-10-8-6-2)53-40-28(4)42-41(27(3)39(40)52-43)54-45-33-34(47(56)46(45)55-42)36(49)38(51)37(50)35(33)48/h19-26H,5-18H2,1-4H3. The van der Waals surface area contributed by atoms with Gasteiger partial charge in [-0.2, -0.15) is 0 Å². The second-order valence-corrected chi connectivity index (χ2v) is 15.3. The monoisotopic (exact) mass is 760 g/mol. The van der Waals surface area contributed by atoms with E-state index in [1.165, 1.54) is 75.3 Å². The number of aryl methyl sites for hydroxylation is 4. The first-order valence-corrected chi connectivity index (χ1v) is 20.3. The lowest BCUT2D eigenvalue weighted by molar-refractivity contribution is 0.103. The van der Waals surface area contributed by atoms with Crippen molar-refractivity contribution in [3.05, 3.63) is 105 Å². The highest BCUT2D eigenvalue weighted by Gasteiger charge is 2.40. The summed E-state index contributed by atoms with van der Waals surface area (Å²) < 4.78 is 58.7. The van der Waals surface area contributed by atoms with E-state index in [9.17, 15) is 18.0 Å². The van der Waals surface area contributed by atoms with E-state index in [0.717, 1.165) is 36.8 Å². The van der Waals surface area contributed by atoms with Crippen LogP contribution >= 0.6 is 0 Å². The van der Waals surface area contributed by atoms with E-state index in [4.69, 9.17) is 9.97 Å². The van der Waals surface area contributed by atoms with Gasteiger partial charge in [-0.25, -0.2) is 37.5 Å². The Hall–Kier alpha value is -5.05. The van der Waals surface area contributed by atoms with Crippen LogP contribution in [-0.4, -0.2) is 25.7 Å².